The summed E-state index contributed by atoms with van der Waals surface area (Å²) < 4.78 is 6.35. The van der Waals surface area contributed by atoms with Gasteiger partial charge in [-0.25, -0.2) is 4.98 Å². The second-order valence-corrected chi connectivity index (χ2v) is 12.5. The van der Waals surface area contributed by atoms with Crippen LogP contribution in [0.15, 0.2) is 41.4 Å². The monoisotopic (exact) mass is 567 g/mol. The van der Waals surface area contributed by atoms with Gasteiger partial charge in [0.25, 0.3) is 0 Å². The lowest BCUT2D eigenvalue weighted by Crippen LogP contribution is -2.29. The Bertz CT molecular complexity index is 1280. The van der Waals surface area contributed by atoms with Crippen LogP contribution in [0, 0.1) is 6.92 Å². The van der Waals surface area contributed by atoms with Gasteiger partial charge >= 0.3 is 0 Å². The van der Waals surface area contributed by atoms with Gasteiger partial charge in [0.2, 0.25) is 5.95 Å². The van der Waals surface area contributed by atoms with E-state index in [4.69, 9.17) is 21.3 Å². The number of ether oxygens (including phenoxy) is 1. The maximum absolute atomic E-state index is 6.51. The minimum absolute atomic E-state index is 0.153. The number of para-hydroxylation sites is 1. The molecule has 2 aromatic carbocycles. The number of fused-ring (bicyclic) bond motifs is 1. The van der Waals surface area contributed by atoms with E-state index in [2.05, 4.69) is 67.4 Å². The van der Waals surface area contributed by atoms with Gasteiger partial charge in [-0.1, -0.05) is 51.4 Å². The number of hydrogen-bond donors (Lipinski definition) is 2. The van der Waals surface area contributed by atoms with Crippen LogP contribution < -0.4 is 15.4 Å². The minimum Gasteiger partial charge on any atom is -0.488 e. The molecule has 3 heterocycles. The van der Waals surface area contributed by atoms with E-state index in [0.29, 0.717) is 28.0 Å². The fraction of sp³-hybridized carbons (Fsp3) is 0.484. The van der Waals surface area contributed by atoms with E-state index in [1.165, 1.54) is 29.5 Å². The number of aryl methyl sites for hydroxylation is 1. The molecule has 6 nitrogen and oxygen atoms in total. The SMILES string of the molecule is CC.Cc1cc(Nc2ncc(Cl)c(Nc3ccccc3SC(C)C)n2)c2c(c1C1CCN(C)CC1)CC(C)O2. The Balaban J connectivity index is 0.00000172. The van der Waals surface area contributed by atoms with Crippen molar-refractivity contribution in [2.75, 3.05) is 30.8 Å². The number of likely N-dealkylation sites (tertiary alicyclic amines) is 1. The molecule has 5 rings (SSSR count). The van der Waals surface area contributed by atoms with Gasteiger partial charge in [-0.15, -0.1) is 11.8 Å². The van der Waals surface area contributed by atoms with E-state index >= 15 is 0 Å². The van der Waals surface area contributed by atoms with Crippen molar-refractivity contribution in [3.8, 4) is 5.75 Å². The lowest BCUT2D eigenvalue weighted by atomic mass is 9.82. The quantitative estimate of drug-likeness (QED) is 0.277. The van der Waals surface area contributed by atoms with Crippen molar-refractivity contribution < 1.29 is 4.74 Å². The number of rotatable bonds is 7. The molecule has 2 N–H and O–H groups in total. The highest BCUT2D eigenvalue weighted by atomic mass is 35.5. The van der Waals surface area contributed by atoms with E-state index in [9.17, 15) is 0 Å². The molecule has 1 fully saturated rings. The molecule has 0 aliphatic carbocycles. The molecule has 0 amide bonds. The summed E-state index contributed by atoms with van der Waals surface area (Å²) in [6.07, 6.45) is 5.11. The summed E-state index contributed by atoms with van der Waals surface area (Å²) in [5, 5.41) is 7.80. The summed E-state index contributed by atoms with van der Waals surface area (Å²) >= 11 is 8.31. The van der Waals surface area contributed by atoms with E-state index < -0.39 is 0 Å². The lowest BCUT2D eigenvalue weighted by Gasteiger charge is -2.31. The Hall–Kier alpha value is -2.48. The summed E-state index contributed by atoms with van der Waals surface area (Å²) in [6.45, 7) is 15.0. The van der Waals surface area contributed by atoms with Crippen molar-refractivity contribution in [2.24, 2.45) is 0 Å². The maximum atomic E-state index is 6.51. The van der Waals surface area contributed by atoms with Gasteiger partial charge in [0.05, 0.1) is 17.6 Å². The second kappa shape index (κ2) is 13.2. The normalized spacial score (nSPS) is 17.3. The molecule has 0 spiro atoms. The topological polar surface area (TPSA) is 62.3 Å². The van der Waals surface area contributed by atoms with Crippen molar-refractivity contribution in [3.63, 3.8) is 0 Å². The number of aromatic nitrogens is 2. The summed E-state index contributed by atoms with van der Waals surface area (Å²) in [6, 6.07) is 10.4. The Labute approximate surface area is 243 Å². The molecule has 0 saturated carbocycles. The molecular weight excluding hydrogens is 526 g/mol. The van der Waals surface area contributed by atoms with Crippen LogP contribution in [0.2, 0.25) is 5.02 Å². The van der Waals surface area contributed by atoms with Crippen molar-refractivity contribution in [1.29, 1.82) is 0 Å². The molecule has 8 heteroatoms. The van der Waals surface area contributed by atoms with Crippen LogP contribution in [0.25, 0.3) is 0 Å². The lowest BCUT2D eigenvalue weighted by molar-refractivity contribution is 0.254. The highest BCUT2D eigenvalue weighted by Crippen LogP contribution is 2.45. The molecule has 210 valence electrons. The third kappa shape index (κ3) is 7.00. The number of nitrogens with one attached hydrogen (secondary N) is 2. The first-order valence-corrected chi connectivity index (χ1v) is 15.4. The molecule has 1 saturated heterocycles. The molecule has 2 aliphatic rings. The van der Waals surface area contributed by atoms with Crippen LogP contribution >= 0.6 is 23.4 Å². The predicted octanol–water partition coefficient (Wildman–Crippen LogP) is 8.58. The maximum Gasteiger partial charge on any atom is 0.229 e. The third-order valence-electron chi connectivity index (χ3n) is 7.06. The Kier molecular flexibility index (Phi) is 10.0. The molecular formula is C31H42ClN5OS. The van der Waals surface area contributed by atoms with E-state index in [1.54, 1.807) is 18.0 Å². The Morgan fingerprint density at radius 2 is 1.82 bits per heavy atom. The van der Waals surface area contributed by atoms with E-state index in [1.807, 2.05) is 32.0 Å². The van der Waals surface area contributed by atoms with Crippen LogP contribution in [0.5, 0.6) is 5.75 Å². The van der Waals surface area contributed by atoms with Crippen LogP contribution in [0.3, 0.4) is 0 Å². The largest absolute Gasteiger partial charge is 0.488 e. The van der Waals surface area contributed by atoms with Crippen molar-refractivity contribution >= 4 is 46.5 Å². The van der Waals surface area contributed by atoms with Gasteiger partial charge in [-0.2, -0.15) is 4.98 Å². The van der Waals surface area contributed by atoms with Gasteiger partial charge in [0.15, 0.2) is 5.82 Å². The van der Waals surface area contributed by atoms with Gasteiger partial charge < -0.3 is 20.3 Å². The van der Waals surface area contributed by atoms with Crippen molar-refractivity contribution in [1.82, 2.24) is 14.9 Å². The number of piperidine rings is 1. The summed E-state index contributed by atoms with van der Waals surface area (Å²) in [5.41, 5.74) is 6.02. The molecule has 0 radical (unpaired) electrons. The predicted molar refractivity (Wildman–Crippen MR) is 167 cm³/mol. The smallest absolute Gasteiger partial charge is 0.229 e. The first kappa shape index (κ1) is 29.5. The molecule has 2 aliphatic heterocycles. The zero-order valence-electron chi connectivity index (χ0n) is 24.3. The van der Waals surface area contributed by atoms with Crippen LogP contribution in [-0.4, -0.2) is 46.4 Å². The van der Waals surface area contributed by atoms with Crippen molar-refractivity contribution in [3.05, 3.63) is 58.2 Å². The first-order valence-electron chi connectivity index (χ1n) is 14.1. The molecule has 1 aromatic heterocycles. The zero-order valence-corrected chi connectivity index (χ0v) is 25.8. The Morgan fingerprint density at radius 1 is 1.10 bits per heavy atom. The highest BCUT2D eigenvalue weighted by Gasteiger charge is 2.31. The number of halogens is 1. The molecule has 0 bridgehead atoms. The summed E-state index contributed by atoms with van der Waals surface area (Å²) in [7, 11) is 2.21. The molecule has 1 atom stereocenters. The summed E-state index contributed by atoms with van der Waals surface area (Å²) in [5.74, 6) is 2.58. The Morgan fingerprint density at radius 3 is 2.54 bits per heavy atom. The number of thioether (sulfide) groups is 1. The van der Waals surface area contributed by atoms with Crippen LogP contribution in [0.1, 0.15) is 70.1 Å². The third-order valence-corrected chi connectivity index (χ3v) is 8.42. The fourth-order valence-electron chi connectivity index (χ4n) is 5.40. The van der Waals surface area contributed by atoms with Crippen LogP contribution in [-0.2, 0) is 6.42 Å². The number of benzene rings is 2. The van der Waals surface area contributed by atoms with Crippen molar-refractivity contribution in [2.45, 2.75) is 83.0 Å². The van der Waals surface area contributed by atoms with Crippen LogP contribution in [0.4, 0.5) is 23.1 Å². The molecule has 3 aromatic rings. The fourth-order valence-corrected chi connectivity index (χ4v) is 6.45. The standard InChI is InChI=1S/C29H36ClN5OS.C2H6/c1-17(2)37-25-9-7-6-8-23(25)32-28-22(30)16-31-29(34-28)33-24-14-18(3)26(20-10-12-35(5)13-11-20)21-15-19(4)36-27(21)24;1-2/h6-9,14,16-17,19-20H,10-13,15H2,1-5H3,(H2,31,32,33,34);1-2H3. The summed E-state index contributed by atoms with van der Waals surface area (Å²) in [4.78, 5) is 12.8. The second-order valence-electron chi connectivity index (χ2n) is 10.5. The van der Waals surface area contributed by atoms with E-state index in [0.717, 1.165) is 41.5 Å². The average molecular weight is 568 g/mol. The number of hydrogen-bond acceptors (Lipinski definition) is 7. The molecule has 1 unspecified atom stereocenters. The minimum atomic E-state index is 0.153. The number of nitrogens with zero attached hydrogens (tertiary/aromatic N) is 3. The van der Waals surface area contributed by atoms with Gasteiger partial charge in [0, 0.05) is 22.1 Å². The van der Waals surface area contributed by atoms with Gasteiger partial charge in [0.1, 0.15) is 16.9 Å². The highest BCUT2D eigenvalue weighted by molar-refractivity contribution is 8.00. The van der Waals surface area contributed by atoms with E-state index in [-0.39, 0.29) is 6.10 Å². The van der Waals surface area contributed by atoms with Gasteiger partial charge in [-0.3, -0.25) is 0 Å². The number of anilines is 4. The molecule has 39 heavy (non-hydrogen) atoms. The zero-order chi connectivity index (χ0) is 28.1. The first-order chi connectivity index (χ1) is 18.8. The average Bonchev–Trinajstić information content (AvgIpc) is 3.30. The van der Waals surface area contributed by atoms with Gasteiger partial charge in [-0.05, 0) is 82.1 Å².